The standard InChI is InChI=1S/C21H18FN5S/c1-2-28-26-10-3-13-27-14-25-19(15-4-6-16(22)7-5-15)20(27)17-8-11-23-21-18(17)9-12-24-21/h2,4-12,14H,1,3,13H2,(H,23,24)/b26-10-. The number of hydrogen-bond acceptors (Lipinski definition) is 4. The van der Waals surface area contributed by atoms with E-state index in [2.05, 4.69) is 30.5 Å². The van der Waals surface area contributed by atoms with Gasteiger partial charge in [0.25, 0.3) is 0 Å². The molecule has 28 heavy (non-hydrogen) atoms. The van der Waals surface area contributed by atoms with Gasteiger partial charge in [0, 0.05) is 60.0 Å². The summed E-state index contributed by atoms with van der Waals surface area (Å²) >= 11 is 1.31. The van der Waals surface area contributed by atoms with Crippen molar-refractivity contribution in [2.45, 2.75) is 13.0 Å². The average Bonchev–Trinajstić information content (AvgIpc) is 3.35. The van der Waals surface area contributed by atoms with Crippen LogP contribution in [0.5, 0.6) is 0 Å². The highest BCUT2D eigenvalue weighted by molar-refractivity contribution is 8.00. The van der Waals surface area contributed by atoms with E-state index in [4.69, 9.17) is 0 Å². The second-order valence-corrected chi connectivity index (χ2v) is 6.84. The van der Waals surface area contributed by atoms with E-state index in [1.54, 1.807) is 23.7 Å². The Kier molecular flexibility index (Phi) is 5.34. The Labute approximate surface area is 166 Å². The highest BCUT2D eigenvalue weighted by atomic mass is 32.2. The molecule has 0 bridgehead atoms. The summed E-state index contributed by atoms with van der Waals surface area (Å²) in [4.78, 5) is 12.2. The maximum absolute atomic E-state index is 13.4. The fourth-order valence-corrected chi connectivity index (χ4v) is 3.43. The highest BCUT2D eigenvalue weighted by Gasteiger charge is 2.17. The summed E-state index contributed by atoms with van der Waals surface area (Å²) in [6.07, 6.45) is 8.10. The fourth-order valence-electron chi connectivity index (χ4n) is 3.16. The first-order valence-corrected chi connectivity index (χ1v) is 9.63. The van der Waals surface area contributed by atoms with Crippen LogP contribution in [-0.2, 0) is 6.54 Å². The Morgan fingerprint density at radius 2 is 2.04 bits per heavy atom. The van der Waals surface area contributed by atoms with Crippen molar-refractivity contribution in [3.05, 3.63) is 72.9 Å². The number of rotatable bonds is 7. The topological polar surface area (TPSA) is 58.9 Å². The maximum Gasteiger partial charge on any atom is 0.137 e. The molecule has 0 saturated carbocycles. The van der Waals surface area contributed by atoms with Crippen LogP contribution in [0.2, 0.25) is 0 Å². The van der Waals surface area contributed by atoms with Crippen molar-refractivity contribution < 1.29 is 4.39 Å². The Hall–Kier alpha value is -3.19. The predicted octanol–water partition coefficient (Wildman–Crippen LogP) is 5.49. The number of pyridine rings is 1. The van der Waals surface area contributed by atoms with Gasteiger partial charge < -0.3 is 9.55 Å². The summed E-state index contributed by atoms with van der Waals surface area (Å²) in [5, 5.41) is 2.70. The van der Waals surface area contributed by atoms with E-state index >= 15 is 0 Å². The highest BCUT2D eigenvalue weighted by Crippen LogP contribution is 2.35. The van der Waals surface area contributed by atoms with Gasteiger partial charge >= 0.3 is 0 Å². The number of halogens is 1. The Balaban J connectivity index is 1.80. The van der Waals surface area contributed by atoms with Crippen LogP contribution < -0.4 is 0 Å². The van der Waals surface area contributed by atoms with Gasteiger partial charge in [-0.25, -0.2) is 18.8 Å². The van der Waals surface area contributed by atoms with Crippen LogP contribution in [0.3, 0.4) is 0 Å². The lowest BCUT2D eigenvalue weighted by atomic mass is 10.0. The number of hydrogen-bond donors (Lipinski definition) is 1. The van der Waals surface area contributed by atoms with Crippen LogP contribution in [0, 0.1) is 5.82 Å². The molecule has 3 heterocycles. The first-order valence-electron chi connectivity index (χ1n) is 8.80. The monoisotopic (exact) mass is 391 g/mol. The molecule has 0 spiro atoms. The van der Waals surface area contributed by atoms with Crippen molar-refractivity contribution in [2.24, 2.45) is 4.40 Å². The minimum atomic E-state index is -0.266. The summed E-state index contributed by atoms with van der Waals surface area (Å²) in [6, 6.07) is 10.4. The molecule has 0 fully saturated rings. The summed E-state index contributed by atoms with van der Waals surface area (Å²) in [6.45, 7) is 4.36. The number of nitrogens with zero attached hydrogens (tertiary/aromatic N) is 4. The van der Waals surface area contributed by atoms with Crippen LogP contribution in [0.1, 0.15) is 6.42 Å². The Morgan fingerprint density at radius 3 is 2.86 bits per heavy atom. The molecule has 5 nitrogen and oxygen atoms in total. The molecule has 0 radical (unpaired) electrons. The van der Waals surface area contributed by atoms with Crippen molar-refractivity contribution >= 4 is 29.2 Å². The number of H-pyrrole nitrogens is 1. The number of aromatic nitrogens is 4. The largest absolute Gasteiger partial charge is 0.346 e. The molecule has 3 aromatic heterocycles. The first-order chi connectivity index (χ1) is 13.8. The molecule has 0 aliphatic carbocycles. The van der Waals surface area contributed by atoms with E-state index in [0.717, 1.165) is 46.5 Å². The molecule has 0 amide bonds. The third-order valence-corrected chi connectivity index (χ3v) is 4.80. The maximum atomic E-state index is 13.4. The predicted molar refractivity (Wildman–Crippen MR) is 114 cm³/mol. The Morgan fingerprint density at radius 1 is 1.18 bits per heavy atom. The van der Waals surface area contributed by atoms with Crippen LogP contribution >= 0.6 is 11.9 Å². The van der Waals surface area contributed by atoms with E-state index in [0.29, 0.717) is 0 Å². The van der Waals surface area contributed by atoms with Crippen molar-refractivity contribution in [1.82, 2.24) is 19.5 Å². The van der Waals surface area contributed by atoms with Crippen LogP contribution in [-0.4, -0.2) is 25.7 Å². The van der Waals surface area contributed by atoms with Gasteiger partial charge in [0.1, 0.15) is 11.5 Å². The summed E-state index contributed by atoms with van der Waals surface area (Å²) in [7, 11) is 0. The zero-order valence-electron chi connectivity index (χ0n) is 15.0. The van der Waals surface area contributed by atoms with E-state index in [-0.39, 0.29) is 5.82 Å². The normalized spacial score (nSPS) is 11.5. The molecule has 140 valence electrons. The number of benzene rings is 1. The molecule has 4 aromatic rings. The second kappa shape index (κ2) is 8.22. The number of nitrogens with one attached hydrogen (secondary N) is 1. The molecule has 0 aliphatic rings. The SMILES string of the molecule is C=CS/N=C\CCn1cnc(-c2ccc(F)cc2)c1-c1ccnc2[nH]ccc12. The quantitative estimate of drug-likeness (QED) is 0.335. The van der Waals surface area contributed by atoms with Crippen molar-refractivity contribution in [2.75, 3.05) is 0 Å². The van der Waals surface area contributed by atoms with Gasteiger partial charge in [-0.2, -0.15) is 0 Å². The van der Waals surface area contributed by atoms with E-state index in [1.165, 1.54) is 24.1 Å². The van der Waals surface area contributed by atoms with Gasteiger partial charge in [0.2, 0.25) is 0 Å². The summed E-state index contributed by atoms with van der Waals surface area (Å²) in [5.41, 5.74) is 4.50. The van der Waals surface area contributed by atoms with Crippen molar-refractivity contribution in [3.8, 4) is 22.5 Å². The third-order valence-electron chi connectivity index (χ3n) is 4.38. The number of aryl methyl sites for hydroxylation is 1. The van der Waals surface area contributed by atoms with Crippen LogP contribution in [0.4, 0.5) is 4.39 Å². The van der Waals surface area contributed by atoms with E-state index in [9.17, 15) is 4.39 Å². The molecule has 1 aromatic carbocycles. The molecule has 4 rings (SSSR count). The zero-order chi connectivity index (χ0) is 19.3. The summed E-state index contributed by atoms with van der Waals surface area (Å²) < 4.78 is 19.7. The lowest BCUT2D eigenvalue weighted by Gasteiger charge is -2.11. The molecule has 7 heteroatoms. The summed E-state index contributed by atoms with van der Waals surface area (Å²) in [5.74, 6) is -0.266. The zero-order valence-corrected chi connectivity index (χ0v) is 15.9. The molecular formula is C21H18FN5S. The molecule has 1 N–H and O–H groups in total. The number of fused-ring (bicyclic) bond motifs is 1. The van der Waals surface area contributed by atoms with Gasteiger partial charge in [-0.15, -0.1) is 0 Å². The first kappa shape index (κ1) is 18.2. The number of imidazole rings is 1. The number of aromatic amines is 1. The van der Waals surface area contributed by atoms with Crippen LogP contribution in [0.25, 0.3) is 33.5 Å². The smallest absolute Gasteiger partial charge is 0.137 e. The van der Waals surface area contributed by atoms with Crippen molar-refractivity contribution in [1.29, 1.82) is 0 Å². The van der Waals surface area contributed by atoms with Crippen molar-refractivity contribution in [3.63, 3.8) is 0 Å². The minimum Gasteiger partial charge on any atom is -0.346 e. The van der Waals surface area contributed by atoms with E-state index in [1.807, 2.05) is 30.9 Å². The third kappa shape index (κ3) is 3.61. The molecule has 0 unspecified atom stereocenters. The van der Waals surface area contributed by atoms with E-state index < -0.39 is 0 Å². The van der Waals surface area contributed by atoms with Gasteiger partial charge in [-0.05, 0) is 41.8 Å². The molecule has 0 aliphatic heterocycles. The van der Waals surface area contributed by atoms with Crippen LogP contribution in [0.15, 0.2) is 71.5 Å². The lowest BCUT2D eigenvalue weighted by molar-refractivity contribution is 0.628. The van der Waals surface area contributed by atoms with Gasteiger partial charge in [0.05, 0.1) is 17.7 Å². The minimum absolute atomic E-state index is 0.266. The van der Waals surface area contributed by atoms with Gasteiger partial charge in [-0.1, -0.05) is 6.58 Å². The lowest BCUT2D eigenvalue weighted by Crippen LogP contribution is -2.00. The Bertz CT molecular complexity index is 1130. The average molecular weight is 391 g/mol. The fraction of sp³-hybridized carbons (Fsp3) is 0.0952. The molecule has 0 atom stereocenters. The second-order valence-electron chi connectivity index (χ2n) is 6.09. The van der Waals surface area contributed by atoms with Gasteiger partial charge in [0.15, 0.2) is 0 Å². The van der Waals surface area contributed by atoms with Gasteiger partial charge in [-0.3, -0.25) is 0 Å². The molecular weight excluding hydrogens is 373 g/mol. The molecule has 0 saturated heterocycles.